The number of ether oxygens (including phenoxy) is 2. The minimum atomic E-state index is 0.345. The Kier molecular flexibility index (Phi) is 4.86. The van der Waals surface area contributed by atoms with Crippen molar-refractivity contribution < 1.29 is 14.3 Å². The molecule has 0 saturated heterocycles. The fourth-order valence-corrected chi connectivity index (χ4v) is 1.37. The predicted molar refractivity (Wildman–Crippen MR) is 63.7 cm³/mol. The molecule has 0 unspecified atom stereocenters. The third kappa shape index (κ3) is 3.00. The third-order valence-corrected chi connectivity index (χ3v) is 2.17. The van der Waals surface area contributed by atoms with E-state index in [0.29, 0.717) is 41.6 Å². The summed E-state index contributed by atoms with van der Waals surface area (Å²) in [6, 6.07) is 3.14. The van der Waals surface area contributed by atoms with E-state index in [0.717, 1.165) is 0 Å². The van der Waals surface area contributed by atoms with Gasteiger partial charge in [0.2, 0.25) is 0 Å². The van der Waals surface area contributed by atoms with E-state index in [1.165, 1.54) is 0 Å². The summed E-state index contributed by atoms with van der Waals surface area (Å²) in [7, 11) is 0. The molecule has 0 aromatic heterocycles. The molecule has 0 spiro atoms. The van der Waals surface area contributed by atoms with E-state index < -0.39 is 0 Å². The lowest BCUT2D eigenvalue weighted by molar-refractivity contribution is 0.112. The Morgan fingerprint density at radius 3 is 2.62 bits per heavy atom. The fraction of sp³-hybridized carbons (Fsp3) is 0.250. The van der Waals surface area contributed by atoms with E-state index in [2.05, 4.69) is 6.58 Å². The molecule has 3 nitrogen and oxygen atoms in total. The smallest absolute Gasteiger partial charge is 0.163 e. The van der Waals surface area contributed by atoms with E-state index in [-0.39, 0.29) is 0 Å². The van der Waals surface area contributed by atoms with Gasteiger partial charge in [-0.1, -0.05) is 24.3 Å². The number of hydrogen-bond donors (Lipinski definition) is 0. The summed E-state index contributed by atoms with van der Waals surface area (Å²) in [6.45, 7) is 6.25. The second kappa shape index (κ2) is 6.18. The molecule has 1 aromatic rings. The molecular weight excluding hydrogens is 228 g/mol. The van der Waals surface area contributed by atoms with Crippen molar-refractivity contribution in [2.45, 2.75) is 6.92 Å². The summed E-state index contributed by atoms with van der Waals surface area (Å²) in [5, 5.41) is 0.345. The van der Waals surface area contributed by atoms with Crippen LogP contribution in [0.15, 0.2) is 24.8 Å². The number of carbonyl (C=O) groups is 1. The van der Waals surface area contributed by atoms with Gasteiger partial charge in [0.25, 0.3) is 0 Å². The lowest BCUT2D eigenvalue weighted by atomic mass is 10.2. The maximum absolute atomic E-state index is 10.7. The molecular formula is C12H13ClO3. The Balaban J connectivity index is 3.07. The highest BCUT2D eigenvalue weighted by molar-refractivity contribution is 6.33. The average molecular weight is 241 g/mol. The van der Waals surface area contributed by atoms with Gasteiger partial charge in [0.15, 0.2) is 17.8 Å². The Hall–Kier alpha value is -1.48. The van der Waals surface area contributed by atoms with E-state index in [1.807, 2.05) is 6.92 Å². The molecule has 0 aliphatic rings. The highest BCUT2D eigenvalue weighted by Gasteiger charge is 2.10. The number of benzene rings is 1. The predicted octanol–water partition coefficient (Wildman–Crippen LogP) is 3.12. The van der Waals surface area contributed by atoms with Crippen LogP contribution in [0, 0.1) is 0 Å². The van der Waals surface area contributed by atoms with Gasteiger partial charge >= 0.3 is 0 Å². The number of rotatable bonds is 6. The summed E-state index contributed by atoms with van der Waals surface area (Å²) >= 11 is 5.89. The summed E-state index contributed by atoms with van der Waals surface area (Å²) in [6.07, 6.45) is 2.30. The van der Waals surface area contributed by atoms with Crippen LogP contribution in [0.4, 0.5) is 0 Å². The first-order valence-corrected chi connectivity index (χ1v) is 5.26. The maximum Gasteiger partial charge on any atom is 0.163 e. The van der Waals surface area contributed by atoms with Crippen molar-refractivity contribution in [1.82, 2.24) is 0 Å². The number of hydrogen-bond acceptors (Lipinski definition) is 3. The van der Waals surface area contributed by atoms with Crippen molar-refractivity contribution >= 4 is 17.9 Å². The second-order valence-corrected chi connectivity index (χ2v) is 3.38. The summed E-state index contributed by atoms with van der Waals surface area (Å²) < 4.78 is 10.7. The van der Waals surface area contributed by atoms with Crippen LogP contribution >= 0.6 is 11.6 Å². The average Bonchev–Trinajstić information content (AvgIpc) is 2.29. The summed E-state index contributed by atoms with van der Waals surface area (Å²) in [4.78, 5) is 10.7. The van der Waals surface area contributed by atoms with Crippen LogP contribution in [0.3, 0.4) is 0 Å². The quantitative estimate of drug-likeness (QED) is 0.566. The highest BCUT2D eigenvalue weighted by Crippen LogP contribution is 2.32. The van der Waals surface area contributed by atoms with Crippen molar-refractivity contribution in [3.63, 3.8) is 0 Å². The summed E-state index contributed by atoms with van der Waals surface area (Å²) in [5.74, 6) is 1.02. The van der Waals surface area contributed by atoms with Crippen LogP contribution in [0.25, 0.3) is 0 Å². The monoisotopic (exact) mass is 240 g/mol. The molecule has 0 saturated carbocycles. The first-order chi connectivity index (χ1) is 7.72. The van der Waals surface area contributed by atoms with Crippen LogP contribution < -0.4 is 9.47 Å². The molecule has 0 aliphatic carbocycles. The molecule has 1 aromatic carbocycles. The van der Waals surface area contributed by atoms with E-state index >= 15 is 0 Å². The molecule has 86 valence electrons. The molecule has 1 rings (SSSR count). The SMILES string of the molecule is C=CCOc1cc(Cl)c(C=O)cc1OCC. The van der Waals surface area contributed by atoms with Gasteiger partial charge < -0.3 is 9.47 Å². The molecule has 0 fully saturated rings. The lowest BCUT2D eigenvalue weighted by Gasteiger charge is -2.12. The first kappa shape index (κ1) is 12.6. The van der Waals surface area contributed by atoms with Gasteiger partial charge in [-0.2, -0.15) is 0 Å². The van der Waals surface area contributed by atoms with Crippen LogP contribution in [0.2, 0.25) is 5.02 Å². The number of halogens is 1. The van der Waals surface area contributed by atoms with Crippen LogP contribution in [0.5, 0.6) is 11.5 Å². The van der Waals surface area contributed by atoms with Crippen LogP contribution in [-0.2, 0) is 0 Å². The van der Waals surface area contributed by atoms with Crippen LogP contribution in [0.1, 0.15) is 17.3 Å². The van der Waals surface area contributed by atoms with Gasteiger partial charge in [-0.25, -0.2) is 0 Å². The Morgan fingerprint density at radius 2 is 2.06 bits per heavy atom. The Labute approximate surface area is 99.6 Å². The normalized spacial score (nSPS) is 9.62. The van der Waals surface area contributed by atoms with Gasteiger partial charge in [-0.3, -0.25) is 4.79 Å². The van der Waals surface area contributed by atoms with Gasteiger partial charge in [-0.05, 0) is 13.0 Å². The van der Waals surface area contributed by atoms with E-state index in [1.54, 1.807) is 18.2 Å². The zero-order chi connectivity index (χ0) is 12.0. The highest BCUT2D eigenvalue weighted by atomic mass is 35.5. The molecule has 0 N–H and O–H groups in total. The molecule has 4 heteroatoms. The Morgan fingerprint density at radius 1 is 1.38 bits per heavy atom. The van der Waals surface area contributed by atoms with Crippen LogP contribution in [-0.4, -0.2) is 19.5 Å². The topological polar surface area (TPSA) is 35.5 Å². The first-order valence-electron chi connectivity index (χ1n) is 4.88. The van der Waals surface area contributed by atoms with E-state index in [9.17, 15) is 4.79 Å². The Bertz CT molecular complexity index is 388. The maximum atomic E-state index is 10.7. The third-order valence-electron chi connectivity index (χ3n) is 1.85. The zero-order valence-electron chi connectivity index (χ0n) is 9.03. The zero-order valence-corrected chi connectivity index (χ0v) is 9.79. The van der Waals surface area contributed by atoms with Gasteiger partial charge in [0.05, 0.1) is 11.6 Å². The standard InChI is InChI=1S/C12H13ClO3/c1-3-5-16-12-7-10(13)9(8-14)6-11(12)15-4-2/h3,6-8H,1,4-5H2,2H3. The van der Waals surface area contributed by atoms with Crippen molar-refractivity contribution in [3.05, 3.63) is 35.4 Å². The van der Waals surface area contributed by atoms with Crippen molar-refractivity contribution in [2.75, 3.05) is 13.2 Å². The largest absolute Gasteiger partial charge is 0.490 e. The summed E-state index contributed by atoms with van der Waals surface area (Å²) in [5.41, 5.74) is 0.385. The lowest BCUT2D eigenvalue weighted by Crippen LogP contribution is -2.00. The molecule has 0 radical (unpaired) electrons. The molecule has 0 heterocycles. The van der Waals surface area contributed by atoms with Crippen molar-refractivity contribution in [3.8, 4) is 11.5 Å². The minimum absolute atomic E-state index is 0.345. The number of carbonyl (C=O) groups excluding carboxylic acids is 1. The molecule has 0 bridgehead atoms. The fourth-order valence-electron chi connectivity index (χ4n) is 1.17. The van der Waals surface area contributed by atoms with Crippen molar-refractivity contribution in [1.29, 1.82) is 0 Å². The van der Waals surface area contributed by atoms with Gasteiger partial charge in [0.1, 0.15) is 6.61 Å². The van der Waals surface area contributed by atoms with E-state index in [4.69, 9.17) is 21.1 Å². The van der Waals surface area contributed by atoms with Gasteiger partial charge in [0, 0.05) is 11.6 Å². The number of aldehydes is 1. The van der Waals surface area contributed by atoms with Gasteiger partial charge in [-0.15, -0.1) is 0 Å². The minimum Gasteiger partial charge on any atom is -0.490 e. The second-order valence-electron chi connectivity index (χ2n) is 2.97. The molecule has 0 aliphatic heterocycles. The molecule has 16 heavy (non-hydrogen) atoms. The molecule has 0 amide bonds. The molecule has 0 atom stereocenters. The van der Waals surface area contributed by atoms with Crippen molar-refractivity contribution in [2.24, 2.45) is 0 Å².